The molecule has 0 aromatic heterocycles. The van der Waals surface area contributed by atoms with Gasteiger partial charge in [-0.25, -0.2) is 4.79 Å². The molecule has 1 rings (SSSR count). The summed E-state index contributed by atoms with van der Waals surface area (Å²) in [4.78, 5) is 9.76. The van der Waals surface area contributed by atoms with Gasteiger partial charge in [0, 0.05) is 6.54 Å². The van der Waals surface area contributed by atoms with Gasteiger partial charge in [-0.2, -0.15) is 0 Å². The Morgan fingerprint density at radius 3 is 1.86 bits per heavy atom. The lowest BCUT2D eigenvalue weighted by atomic mass is 10.0. The van der Waals surface area contributed by atoms with Gasteiger partial charge in [0.05, 0.1) is 0 Å². The van der Waals surface area contributed by atoms with Crippen LogP contribution in [0.2, 0.25) is 0 Å². The number of hydrogen-bond acceptors (Lipinski definition) is 1. The molecule has 2 N–H and O–H groups in total. The van der Waals surface area contributed by atoms with Crippen molar-refractivity contribution in [2.75, 3.05) is 6.54 Å². The van der Waals surface area contributed by atoms with E-state index < -0.39 is 6.09 Å². The first-order valence-electron chi connectivity index (χ1n) is 5.74. The Hall–Kier alpha value is -0.730. The maximum Gasteiger partial charge on any atom is 0.404 e. The molecule has 0 atom stereocenters. The van der Waals surface area contributed by atoms with Crippen molar-refractivity contribution in [1.82, 2.24) is 5.32 Å². The van der Waals surface area contributed by atoms with Crippen molar-refractivity contribution < 1.29 is 9.90 Å². The molecule has 0 bridgehead atoms. The molecular weight excluding hydrogens is 178 g/mol. The standard InChI is InChI=1S/C6H12.C5H11NO2/c1-2-4-6-5-3-1;1-2-3-4-6-5(7)8/h1-6H2;6H,2-4H2,1H3,(H,7,8). The lowest BCUT2D eigenvalue weighted by Gasteiger charge is -2.05. The first-order valence-corrected chi connectivity index (χ1v) is 5.74. The topological polar surface area (TPSA) is 49.3 Å². The Kier molecular flexibility index (Phi) is 9.81. The average Bonchev–Trinajstić information content (AvgIpc) is 2.21. The second-order valence-electron chi connectivity index (χ2n) is 3.71. The maximum atomic E-state index is 9.76. The van der Waals surface area contributed by atoms with Crippen LogP contribution in [0, 0.1) is 0 Å². The summed E-state index contributed by atoms with van der Waals surface area (Å²) in [6.45, 7) is 2.59. The van der Waals surface area contributed by atoms with E-state index in [0.29, 0.717) is 6.54 Å². The van der Waals surface area contributed by atoms with E-state index in [2.05, 4.69) is 5.32 Å². The van der Waals surface area contributed by atoms with E-state index in [0.717, 1.165) is 12.8 Å². The molecule has 0 unspecified atom stereocenters. The third kappa shape index (κ3) is 11.3. The zero-order valence-electron chi connectivity index (χ0n) is 9.22. The molecule has 84 valence electrons. The molecule has 0 saturated heterocycles. The number of unbranched alkanes of at least 4 members (excludes halogenated alkanes) is 1. The van der Waals surface area contributed by atoms with Gasteiger partial charge in [-0.3, -0.25) is 0 Å². The van der Waals surface area contributed by atoms with Crippen molar-refractivity contribution in [3.63, 3.8) is 0 Å². The van der Waals surface area contributed by atoms with Crippen LogP contribution >= 0.6 is 0 Å². The first kappa shape index (κ1) is 13.3. The van der Waals surface area contributed by atoms with E-state index in [9.17, 15) is 4.79 Å². The summed E-state index contributed by atoms with van der Waals surface area (Å²) >= 11 is 0. The summed E-state index contributed by atoms with van der Waals surface area (Å²) in [6.07, 6.45) is 10.0. The van der Waals surface area contributed by atoms with Gasteiger partial charge in [0.1, 0.15) is 0 Å². The Bertz CT molecular complexity index is 122. The number of hydrogen-bond donors (Lipinski definition) is 2. The van der Waals surface area contributed by atoms with Gasteiger partial charge in [0.25, 0.3) is 0 Å². The van der Waals surface area contributed by atoms with Crippen molar-refractivity contribution in [2.45, 2.75) is 58.3 Å². The van der Waals surface area contributed by atoms with Crippen LogP contribution in [-0.4, -0.2) is 17.7 Å². The summed E-state index contributed by atoms with van der Waals surface area (Å²) in [6, 6.07) is 0. The minimum atomic E-state index is -0.932. The first-order chi connectivity index (χ1) is 6.77. The highest BCUT2D eigenvalue weighted by molar-refractivity contribution is 5.64. The minimum Gasteiger partial charge on any atom is -0.465 e. The number of amides is 1. The molecule has 14 heavy (non-hydrogen) atoms. The molecule has 1 saturated carbocycles. The smallest absolute Gasteiger partial charge is 0.404 e. The predicted molar refractivity (Wildman–Crippen MR) is 58.6 cm³/mol. The Balaban J connectivity index is 0.000000249. The SMILES string of the molecule is C1CCCCC1.CCCCNC(=O)O. The molecule has 0 heterocycles. The van der Waals surface area contributed by atoms with Crippen molar-refractivity contribution in [2.24, 2.45) is 0 Å². The van der Waals surface area contributed by atoms with Crippen molar-refractivity contribution in [3.8, 4) is 0 Å². The summed E-state index contributed by atoms with van der Waals surface area (Å²) in [5.74, 6) is 0. The van der Waals surface area contributed by atoms with Crippen LogP contribution in [0.4, 0.5) is 4.79 Å². The highest BCUT2D eigenvalue weighted by Crippen LogP contribution is 2.15. The van der Waals surface area contributed by atoms with Crippen molar-refractivity contribution >= 4 is 6.09 Å². The molecule has 0 aromatic rings. The third-order valence-corrected chi connectivity index (χ3v) is 2.31. The summed E-state index contributed by atoms with van der Waals surface area (Å²) < 4.78 is 0. The van der Waals surface area contributed by atoms with Gasteiger partial charge in [0.15, 0.2) is 0 Å². The molecule has 1 amide bonds. The minimum absolute atomic E-state index is 0.575. The predicted octanol–water partition coefficient (Wildman–Crippen LogP) is 3.39. The quantitative estimate of drug-likeness (QED) is 0.687. The largest absolute Gasteiger partial charge is 0.465 e. The van der Waals surface area contributed by atoms with Gasteiger partial charge in [-0.05, 0) is 6.42 Å². The zero-order chi connectivity index (χ0) is 10.6. The monoisotopic (exact) mass is 201 g/mol. The average molecular weight is 201 g/mol. The Morgan fingerprint density at radius 2 is 1.57 bits per heavy atom. The van der Waals surface area contributed by atoms with Gasteiger partial charge in [-0.1, -0.05) is 51.9 Å². The molecule has 1 aliphatic carbocycles. The van der Waals surface area contributed by atoms with Gasteiger partial charge < -0.3 is 10.4 Å². The van der Waals surface area contributed by atoms with E-state index in [4.69, 9.17) is 5.11 Å². The molecule has 1 fully saturated rings. The van der Waals surface area contributed by atoms with E-state index in [1.807, 2.05) is 6.92 Å². The van der Waals surface area contributed by atoms with Crippen molar-refractivity contribution in [3.05, 3.63) is 0 Å². The fourth-order valence-electron chi connectivity index (χ4n) is 1.43. The molecule has 1 aliphatic rings. The summed E-state index contributed by atoms with van der Waals surface area (Å²) in [7, 11) is 0. The molecule has 3 heteroatoms. The maximum absolute atomic E-state index is 9.76. The van der Waals surface area contributed by atoms with Crippen LogP contribution < -0.4 is 5.32 Å². The van der Waals surface area contributed by atoms with Crippen molar-refractivity contribution in [1.29, 1.82) is 0 Å². The number of carbonyl (C=O) groups is 1. The molecule has 0 aliphatic heterocycles. The fraction of sp³-hybridized carbons (Fsp3) is 0.909. The molecule has 0 radical (unpaired) electrons. The van der Waals surface area contributed by atoms with Crippen LogP contribution in [-0.2, 0) is 0 Å². The van der Waals surface area contributed by atoms with Gasteiger partial charge >= 0.3 is 6.09 Å². The second-order valence-corrected chi connectivity index (χ2v) is 3.71. The lowest BCUT2D eigenvalue weighted by Crippen LogP contribution is -2.21. The fourth-order valence-corrected chi connectivity index (χ4v) is 1.43. The van der Waals surface area contributed by atoms with E-state index in [1.165, 1.54) is 38.5 Å². The molecule has 3 nitrogen and oxygen atoms in total. The van der Waals surface area contributed by atoms with E-state index in [1.54, 1.807) is 0 Å². The Labute approximate surface area is 86.9 Å². The summed E-state index contributed by atoms with van der Waals surface area (Å²) in [5.41, 5.74) is 0. The van der Waals surface area contributed by atoms with E-state index in [-0.39, 0.29) is 0 Å². The molecule has 0 spiro atoms. The highest BCUT2D eigenvalue weighted by Gasteiger charge is 1.95. The van der Waals surface area contributed by atoms with Gasteiger partial charge in [-0.15, -0.1) is 0 Å². The zero-order valence-corrected chi connectivity index (χ0v) is 9.22. The molecule has 0 aromatic carbocycles. The lowest BCUT2D eigenvalue weighted by molar-refractivity contribution is 0.194. The second kappa shape index (κ2) is 10.4. The van der Waals surface area contributed by atoms with Crippen LogP contribution in [0.15, 0.2) is 0 Å². The van der Waals surface area contributed by atoms with Gasteiger partial charge in [0.2, 0.25) is 0 Å². The van der Waals surface area contributed by atoms with Crippen LogP contribution in [0.1, 0.15) is 58.3 Å². The van der Waals surface area contributed by atoms with Crippen LogP contribution in [0.25, 0.3) is 0 Å². The number of rotatable bonds is 3. The normalized spacial score (nSPS) is 15.2. The Morgan fingerprint density at radius 1 is 1.14 bits per heavy atom. The summed E-state index contributed by atoms with van der Waals surface area (Å²) in [5, 5.41) is 10.3. The van der Waals surface area contributed by atoms with Crippen LogP contribution in [0.5, 0.6) is 0 Å². The third-order valence-electron chi connectivity index (χ3n) is 2.31. The number of nitrogens with one attached hydrogen (secondary N) is 1. The number of carboxylic acid groups (broad SMARTS) is 1. The highest BCUT2D eigenvalue weighted by atomic mass is 16.4. The van der Waals surface area contributed by atoms with E-state index >= 15 is 0 Å². The molecular formula is C11H23NO2. The van der Waals surface area contributed by atoms with Crippen LogP contribution in [0.3, 0.4) is 0 Å².